The van der Waals surface area contributed by atoms with Crippen LogP contribution in [-0.2, 0) is 0 Å². The molecule has 3 aromatic heterocycles. The van der Waals surface area contributed by atoms with E-state index in [2.05, 4.69) is 46.6 Å². The number of rotatable bonds is 3. The van der Waals surface area contributed by atoms with Gasteiger partial charge in [0.25, 0.3) is 0 Å². The van der Waals surface area contributed by atoms with Crippen LogP contribution in [0.3, 0.4) is 0 Å². The summed E-state index contributed by atoms with van der Waals surface area (Å²) in [5.41, 5.74) is 0. The third-order valence-corrected chi connectivity index (χ3v) is 1.80. The van der Waals surface area contributed by atoms with Crippen molar-refractivity contribution in [2.45, 2.75) is 6.29 Å². The quantitative estimate of drug-likeness (QED) is 0.459. The predicted octanol–water partition coefficient (Wildman–Crippen LogP) is -2.80. The molecule has 0 aromatic carbocycles. The Hall–Kier alpha value is -2.79. The average molecular weight is 220 g/mol. The lowest BCUT2D eigenvalue weighted by molar-refractivity contribution is 0.270. The Bertz CT molecular complexity index is 438. The van der Waals surface area contributed by atoms with Gasteiger partial charge >= 0.3 is 0 Å². The van der Waals surface area contributed by atoms with Gasteiger partial charge in [-0.1, -0.05) is 0 Å². The topological polar surface area (TPSA) is 131 Å². The van der Waals surface area contributed by atoms with E-state index in [1.165, 1.54) is 33.0 Å². The van der Waals surface area contributed by atoms with Gasteiger partial charge in [0.05, 0.1) is 0 Å². The Morgan fingerprint density at radius 3 is 1.25 bits per heavy atom. The summed E-state index contributed by atoms with van der Waals surface area (Å²) in [6.07, 6.45) is 3.66. The summed E-state index contributed by atoms with van der Waals surface area (Å²) in [5, 5.41) is 32.4. The van der Waals surface area contributed by atoms with Crippen LogP contribution in [-0.4, -0.2) is 60.6 Å². The molecule has 0 aliphatic carbocycles. The Morgan fingerprint density at radius 1 is 0.625 bits per heavy atom. The van der Waals surface area contributed by atoms with E-state index >= 15 is 0 Å². The lowest BCUT2D eigenvalue weighted by Crippen LogP contribution is -2.27. The SMILES string of the molecule is c1nnnn1C(n1cnnn1)n1cnnn1. The molecule has 3 aromatic rings. The van der Waals surface area contributed by atoms with Crippen molar-refractivity contribution in [2.75, 3.05) is 0 Å². The van der Waals surface area contributed by atoms with E-state index < -0.39 is 6.29 Å². The zero-order valence-corrected chi connectivity index (χ0v) is 7.68. The van der Waals surface area contributed by atoms with Crippen molar-refractivity contribution in [1.82, 2.24) is 60.6 Å². The Kier molecular flexibility index (Phi) is 1.81. The largest absolute Gasteiger partial charge is 0.248 e. The fraction of sp³-hybridized carbons (Fsp3) is 0.250. The van der Waals surface area contributed by atoms with Crippen LogP contribution in [0.1, 0.15) is 6.29 Å². The number of nitrogens with zero attached hydrogens (tertiary/aromatic N) is 12. The third-order valence-electron chi connectivity index (χ3n) is 1.80. The van der Waals surface area contributed by atoms with Crippen molar-refractivity contribution in [3.8, 4) is 0 Å². The van der Waals surface area contributed by atoms with Gasteiger partial charge in [-0.3, -0.25) is 0 Å². The third kappa shape index (κ3) is 1.28. The Labute approximate surface area is 86.9 Å². The zero-order chi connectivity index (χ0) is 10.8. The van der Waals surface area contributed by atoms with Crippen molar-refractivity contribution in [3.63, 3.8) is 0 Å². The van der Waals surface area contributed by atoms with E-state index in [0.29, 0.717) is 0 Å². The molecule has 0 aliphatic rings. The first-order valence-electron chi connectivity index (χ1n) is 4.12. The molecule has 0 saturated heterocycles. The van der Waals surface area contributed by atoms with Crippen LogP contribution in [0.5, 0.6) is 0 Å². The van der Waals surface area contributed by atoms with Gasteiger partial charge < -0.3 is 0 Å². The molecule has 0 amide bonds. The standard InChI is InChI=1S/C4H4N12/c1-5-8-11-14(1)4(15-2-6-9-12-15)16-3-7-10-13-16/h1-4H. The molecule has 0 N–H and O–H groups in total. The molecule has 0 spiro atoms. The van der Waals surface area contributed by atoms with Gasteiger partial charge in [0.2, 0.25) is 6.29 Å². The van der Waals surface area contributed by atoms with E-state index in [-0.39, 0.29) is 0 Å². The highest BCUT2D eigenvalue weighted by Crippen LogP contribution is 2.05. The molecule has 3 rings (SSSR count). The van der Waals surface area contributed by atoms with Gasteiger partial charge in [0.1, 0.15) is 19.0 Å². The van der Waals surface area contributed by atoms with Gasteiger partial charge in [-0.05, 0) is 31.3 Å². The Morgan fingerprint density at radius 2 is 1.00 bits per heavy atom. The van der Waals surface area contributed by atoms with Crippen molar-refractivity contribution < 1.29 is 0 Å². The van der Waals surface area contributed by atoms with Crippen molar-refractivity contribution >= 4 is 0 Å². The molecule has 0 saturated carbocycles. The van der Waals surface area contributed by atoms with Crippen LogP contribution in [0, 0.1) is 0 Å². The van der Waals surface area contributed by atoms with Crippen molar-refractivity contribution in [3.05, 3.63) is 19.0 Å². The highest BCUT2D eigenvalue weighted by molar-refractivity contribution is 4.68. The maximum atomic E-state index is 3.75. The molecule has 0 unspecified atom stereocenters. The monoisotopic (exact) mass is 220 g/mol. The second-order valence-corrected chi connectivity index (χ2v) is 2.72. The lowest BCUT2D eigenvalue weighted by atomic mass is 10.8. The fourth-order valence-electron chi connectivity index (χ4n) is 1.19. The van der Waals surface area contributed by atoms with Crippen LogP contribution in [0.15, 0.2) is 19.0 Å². The maximum Gasteiger partial charge on any atom is 0.248 e. The zero-order valence-electron chi connectivity index (χ0n) is 7.68. The number of hydrogen-bond donors (Lipinski definition) is 0. The van der Waals surface area contributed by atoms with Crippen LogP contribution >= 0.6 is 0 Å². The van der Waals surface area contributed by atoms with Crippen LogP contribution in [0.2, 0.25) is 0 Å². The maximum absolute atomic E-state index is 3.75. The van der Waals surface area contributed by atoms with E-state index in [0.717, 1.165) is 0 Å². The normalized spacial score (nSPS) is 11.1. The summed E-state index contributed by atoms with van der Waals surface area (Å²) in [6, 6.07) is 0. The molecule has 12 nitrogen and oxygen atoms in total. The first kappa shape index (κ1) is 8.51. The predicted molar refractivity (Wildman–Crippen MR) is 43.3 cm³/mol. The molecule has 0 atom stereocenters. The summed E-state index contributed by atoms with van der Waals surface area (Å²) in [7, 11) is 0. The van der Waals surface area contributed by atoms with Crippen molar-refractivity contribution in [2.24, 2.45) is 0 Å². The number of aromatic nitrogens is 12. The molecule has 12 heteroatoms. The highest BCUT2D eigenvalue weighted by Gasteiger charge is 2.18. The molecule has 0 bridgehead atoms. The lowest BCUT2D eigenvalue weighted by Gasteiger charge is -2.13. The average Bonchev–Trinajstić information content (AvgIpc) is 3.02. The van der Waals surface area contributed by atoms with E-state index in [1.807, 2.05) is 0 Å². The number of tetrazole rings is 3. The second kappa shape index (κ2) is 3.41. The fourth-order valence-corrected chi connectivity index (χ4v) is 1.19. The van der Waals surface area contributed by atoms with E-state index in [1.54, 1.807) is 0 Å². The molecule has 3 heterocycles. The summed E-state index contributed by atoms with van der Waals surface area (Å²) in [4.78, 5) is 0. The van der Waals surface area contributed by atoms with Crippen molar-refractivity contribution in [1.29, 1.82) is 0 Å². The molecule has 0 radical (unpaired) electrons. The molecule has 0 aliphatic heterocycles. The van der Waals surface area contributed by atoms with Crippen LogP contribution in [0.4, 0.5) is 0 Å². The highest BCUT2D eigenvalue weighted by atomic mass is 15.7. The smallest absolute Gasteiger partial charge is 0.187 e. The molecular formula is C4H4N12. The Balaban J connectivity index is 2.09. The summed E-state index contributed by atoms with van der Waals surface area (Å²) in [6.45, 7) is 0. The minimum absolute atomic E-state index is 0.569. The summed E-state index contributed by atoms with van der Waals surface area (Å²) >= 11 is 0. The summed E-state index contributed by atoms with van der Waals surface area (Å²) in [5.74, 6) is 0. The van der Waals surface area contributed by atoms with Gasteiger partial charge in [0, 0.05) is 0 Å². The molecular weight excluding hydrogens is 216 g/mol. The first-order valence-corrected chi connectivity index (χ1v) is 4.12. The molecule has 80 valence electrons. The summed E-state index contributed by atoms with van der Waals surface area (Å²) < 4.78 is 4.23. The van der Waals surface area contributed by atoms with E-state index in [4.69, 9.17) is 0 Å². The van der Waals surface area contributed by atoms with Crippen LogP contribution < -0.4 is 0 Å². The van der Waals surface area contributed by atoms with Gasteiger partial charge in [-0.15, -0.1) is 15.3 Å². The molecule has 16 heavy (non-hydrogen) atoms. The second-order valence-electron chi connectivity index (χ2n) is 2.72. The van der Waals surface area contributed by atoms with E-state index in [9.17, 15) is 0 Å². The van der Waals surface area contributed by atoms with Gasteiger partial charge in [-0.2, -0.15) is 14.0 Å². The first-order chi connectivity index (χ1) is 7.95. The molecule has 0 fully saturated rings. The van der Waals surface area contributed by atoms with Gasteiger partial charge in [-0.25, -0.2) is 0 Å². The minimum atomic E-state index is -0.569. The van der Waals surface area contributed by atoms with Crippen LogP contribution in [0.25, 0.3) is 0 Å². The minimum Gasteiger partial charge on any atom is -0.187 e. The van der Waals surface area contributed by atoms with Gasteiger partial charge in [0.15, 0.2) is 0 Å². The number of hydrogen-bond acceptors (Lipinski definition) is 9.